The van der Waals surface area contributed by atoms with Crippen LogP contribution in [0.25, 0.3) is 65.2 Å². The summed E-state index contributed by atoms with van der Waals surface area (Å²) in [6, 6.07) is 26.1. The van der Waals surface area contributed by atoms with Crippen LogP contribution in [0.3, 0.4) is 0 Å². The van der Waals surface area contributed by atoms with Crippen molar-refractivity contribution in [3.63, 3.8) is 0 Å². The molecule has 9 rings (SSSR count). The molecule has 16 heteroatoms. The Morgan fingerprint density at radius 3 is 1.70 bits per heavy atom. The Bertz CT molecular complexity index is 2860. The summed E-state index contributed by atoms with van der Waals surface area (Å²) >= 11 is 2.61. The number of hydrogen-bond acceptors (Lipinski definition) is 10. The molecular weight excluding hydrogens is 771 g/mol. The smallest absolute Gasteiger partial charge is 0.274 e. The van der Waals surface area contributed by atoms with Crippen molar-refractivity contribution in [2.75, 3.05) is 0 Å². The second kappa shape index (κ2) is 13.8. The number of fused-ring (bicyclic) bond motifs is 3. The quantitative estimate of drug-likeness (QED) is 0.122. The minimum Gasteiger partial charge on any atom is -0.274 e. The van der Waals surface area contributed by atoms with Crippen LogP contribution < -0.4 is 0 Å². The second-order valence-corrected chi connectivity index (χ2v) is 14.7. The summed E-state index contributed by atoms with van der Waals surface area (Å²) in [5.74, 6) is 0. The largest absolute Gasteiger partial charge is 0.416 e. The van der Waals surface area contributed by atoms with Gasteiger partial charge in [-0.1, -0.05) is 59.1 Å². The van der Waals surface area contributed by atoms with Gasteiger partial charge in [0.05, 0.1) is 33.6 Å². The fraction of sp³-hybridized carbons (Fsp3) is 0.100. The number of aliphatic imine (C=N–C) groups is 1. The number of aromatic nitrogens is 7. The fourth-order valence-electron chi connectivity index (χ4n) is 6.28. The Hall–Kier alpha value is -6.26. The lowest BCUT2D eigenvalue weighted by molar-refractivity contribution is -0.138. The predicted octanol–water partition coefficient (Wildman–Crippen LogP) is 11.1. The third-order valence-corrected chi connectivity index (χ3v) is 11.0. The average Bonchev–Trinajstić information content (AvgIpc) is 3.92. The maximum Gasteiger partial charge on any atom is 0.416 e. The van der Waals surface area contributed by atoms with E-state index in [0.717, 1.165) is 40.6 Å². The van der Waals surface area contributed by atoms with Gasteiger partial charge in [-0.15, -0.1) is 20.4 Å². The number of alkyl halides is 6. The average molecular weight is 793 g/mol. The lowest BCUT2D eigenvalue weighted by Crippen LogP contribution is -2.10. The molecule has 0 aliphatic carbocycles. The Morgan fingerprint density at radius 2 is 1.05 bits per heavy atom. The van der Waals surface area contributed by atoms with Crippen molar-refractivity contribution in [2.24, 2.45) is 4.99 Å². The molecular formula is C40H22F6N8S2. The molecule has 3 aromatic carbocycles. The van der Waals surface area contributed by atoms with E-state index >= 15 is 0 Å². The summed E-state index contributed by atoms with van der Waals surface area (Å²) in [6.07, 6.45) is -4.79. The zero-order valence-electron chi connectivity index (χ0n) is 28.4. The van der Waals surface area contributed by atoms with Gasteiger partial charge >= 0.3 is 12.4 Å². The molecule has 5 aromatic heterocycles. The molecule has 1 unspecified atom stereocenters. The van der Waals surface area contributed by atoms with Gasteiger partial charge in [0, 0.05) is 21.9 Å². The highest BCUT2D eigenvalue weighted by Crippen LogP contribution is 2.37. The molecule has 0 N–H and O–H groups in total. The molecule has 0 radical (unpaired) electrons. The molecule has 1 aliphatic heterocycles. The van der Waals surface area contributed by atoms with Crippen molar-refractivity contribution in [3.05, 3.63) is 137 Å². The van der Waals surface area contributed by atoms with Crippen LogP contribution in [-0.2, 0) is 12.4 Å². The minimum atomic E-state index is -4.47. The monoisotopic (exact) mass is 792 g/mol. The van der Waals surface area contributed by atoms with Gasteiger partial charge in [0.15, 0.2) is 15.0 Å². The molecule has 0 saturated carbocycles. The van der Waals surface area contributed by atoms with Crippen molar-refractivity contribution >= 4 is 50.2 Å². The summed E-state index contributed by atoms with van der Waals surface area (Å²) in [5.41, 5.74) is 3.17. The number of allylic oxidation sites excluding steroid dienone is 1. The van der Waals surface area contributed by atoms with Crippen molar-refractivity contribution in [1.29, 1.82) is 0 Å². The minimum absolute atomic E-state index is 0.338. The topological polar surface area (TPSA) is 103 Å². The maximum absolute atomic E-state index is 13.3. The Labute approximate surface area is 321 Å². The Kier molecular flexibility index (Phi) is 8.73. The first-order chi connectivity index (χ1) is 27.0. The number of pyridine rings is 3. The van der Waals surface area contributed by atoms with Gasteiger partial charge in [-0.2, -0.15) is 26.3 Å². The molecule has 1 atom stereocenters. The summed E-state index contributed by atoms with van der Waals surface area (Å²) in [4.78, 5) is 19.0. The number of benzene rings is 3. The van der Waals surface area contributed by atoms with Gasteiger partial charge in [-0.05, 0) is 85.3 Å². The predicted molar refractivity (Wildman–Crippen MR) is 203 cm³/mol. The zero-order chi connectivity index (χ0) is 38.6. The van der Waals surface area contributed by atoms with Crippen LogP contribution in [-0.4, -0.2) is 41.1 Å². The summed E-state index contributed by atoms with van der Waals surface area (Å²) < 4.78 is 79.9. The number of nitrogens with zero attached hydrogens (tertiary/aromatic N) is 8. The highest BCUT2D eigenvalue weighted by atomic mass is 32.1. The molecule has 0 fully saturated rings. The number of dihydropyridines is 1. The lowest BCUT2D eigenvalue weighted by Gasteiger charge is -2.15. The van der Waals surface area contributed by atoms with Gasteiger partial charge in [0.25, 0.3) is 0 Å². The highest BCUT2D eigenvalue weighted by molar-refractivity contribution is 7.17. The van der Waals surface area contributed by atoms with E-state index in [2.05, 4.69) is 25.4 Å². The number of rotatable bonds is 6. The van der Waals surface area contributed by atoms with E-state index in [0.29, 0.717) is 71.6 Å². The normalized spacial score (nSPS) is 14.8. The number of hydrogen-bond donors (Lipinski definition) is 0. The standard InChI is InChI=1S/C40H22F6N8S2/c41-39(42,43)23-7-1-5-21(19-23)27-9-3-11-31(47-27)35-51-53-37(55-35)33-15-13-25-26-14-16-34(50-30(26)18-17-29(25)49-33)38-54-52-36(56-38)32-12-4-10-28(48-32)22-6-2-8-24(20-22)40(44,45)46/h1-11,13-20,32H,12H2. The van der Waals surface area contributed by atoms with E-state index in [1.807, 2.05) is 42.5 Å². The van der Waals surface area contributed by atoms with Crippen LogP contribution in [0.5, 0.6) is 0 Å². The summed E-state index contributed by atoms with van der Waals surface area (Å²) in [5, 5.41) is 21.4. The maximum atomic E-state index is 13.3. The molecule has 8 nitrogen and oxygen atoms in total. The van der Waals surface area contributed by atoms with E-state index in [1.165, 1.54) is 34.8 Å². The molecule has 0 saturated heterocycles. The highest BCUT2D eigenvalue weighted by Gasteiger charge is 2.32. The molecule has 0 spiro atoms. The van der Waals surface area contributed by atoms with Gasteiger partial charge < -0.3 is 0 Å². The molecule has 0 bridgehead atoms. The van der Waals surface area contributed by atoms with Crippen LogP contribution >= 0.6 is 22.7 Å². The van der Waals surface area contributed by atoms with E-state index in [9.17, 15) is 26.3 Å². The van der Waals surface area contributed by atoms with Gasteiger partial charge in [-0.3, -0.25) is 4.99 Å². The summed E-state index contributed by atoms with van der Waals surface area (Å²) in [6.45, 7) is 0. The molecule has 6 heterocycles. The van der Waals surface area contributed by atoms with Crippen LogP contribution in [0.15, 0.2) is 120 Å². The molecule has 276 valence electrons. The number of halogens is 6. The van der Waals surface area contributed by atoms with Crippen LogP contribution in [0.1, 0.15) is 34.2 Å². The Balaban J connectivity index is 0.948. The molecule has 0 amide bonds. The van der Waals surface area contributed by atoms with Crippen molar-refractivity contribution in [2.45, 2.75) is 24.8 Å². The zero-order valence-corrected chi connectivity index (χ0v) is 30.0. The van der Waals surface area contributed by atoms with Gasteiger partial charge in [0.2, 0.25) is 0 Å². The third kappa shape index (κ3) is 6.92. The van der Waals surface area contributed by atoms with Crippen LogP contribution in [0.2, 0.25) is 0 Å². The lowest BCUT2D eigenvalue weighted by atomic mass is 10.0. The third-order valence-electron chi connectivity index (χ3n) is 9.00. The SMILES string of the molecule is FC(F)(F)c1cccc(C2=NC(c3nnc(-c4ccc5c(ccc6nc(-c7nnc(-c8cccc(-c9cccc(C(F)(F)F)c9)n8)s7)ccc65)n4)s3)CC=C2)c1. The van der Waals surface area contributed by atoms with E-state index in [4.69, 9.17) is 15.0 Å². The molecule has 56 heavy (non-hydrogen) atoms. The van der Waals surface area contributed by atoms with Crippen molar-refractivity contribution in [1.82, 2.24) is 35.3 Å². The van der Waals surface area contributed by atoms with Crippen LogP contribution in [0.4, 0.5) is 26.3 Å². The van der Waals surface area contributed by atoms with Crippen molar-refractivity contribution in [3.8, 4) is 43.4 Å². The Morgan fingerprint density at radius 1 is 0.518 bits per heavy atom. The van der Waals surface area contributed by atoms with Gasteiger partial charge in [-0.25, -0.2) is 15.0 Å². The first kappa shape index (κ1) is 35.4. The van der Waals surface area contributed by atoms with E-state index in [-0.39, 0.29) is 0 Å². The summed E-state index contributed by atoms with van der Waals surface area (Å²) in [7, 11) is 0. The first-order valence-corrected chi connectivity index (χ1v) is 18.5. The van der Waals surface area contributed by atoms with E-state index < -0.39 is 29.5 Å². The fourth-order valence-corrected chi connectivity index (χ4v) is 7.93. The molecule has 8 aromatic rings. The van der Waals surface area contributed by atoms with Crippen LogP contribution in [0, 0.1) is 0 Å². The first-order valence-electron chi connectivity index (χ1n) is 16.9. The van der Waals surface area contributed by atoms with Crippen molar-refractivity contribution < 1.29 is 26.3 Å². The van der Waals surface area contributed by atoms with E-state index in [1.54, 1.807) is 36.4 Å². The van der Waals surface area contributed by atoms with Gasteiger partial charge in [0.1, 0.15) is 28.1 Å². The second-order valence-electron chi connectivity index (χ2n) is 12.7. The molecule has 1 aliphatic rings.